The number of benzene rings is 3. The SMILES string of the molecule is COc1cc(Cl)cc2cc(C(=O)C3=C(O)C(=O)N(c4cc(C)ccc4C)C3c3ccccc3)oc12. The van der Waals surface area contributed by atoms with Crippen molar-refractivity contribution in [3.63, 3.8) is 0 Å². The Hall–Kier alpha value is -4.03. The van der Waals surface area contributed by atoms with Crippen LogP contribution in [-0.2, 0) is 4.79 Å². The van der Waals surface area contributed by atoms with Crippen LogP contribution in [0.15, 0.2) is 82.5 Å². The molecule has 1 aliphatic heterocycles. The lowest BCUT2D eigenvalue weighted by Gasteiger charge is -2.28. The van der Waals surface area contributed by atoms with Crippen LogP contribution in [0.2, 0.25) is 5.02 Å². The number of ketones is 1. The number of methoxy groups -OCH3 is 1. The van der Waals surface area contributed by atoms with Crippen LogP contribution in [0.3, 0.4) is 0 Å². The highest BCUT2D eigenvalue weighted by Crippen LogP contribution is 2.44. The zero-order chi connectivity index (χ0) is 24.9. The summed E-state index contributed by atoms with van der Waals surface area (Å²) in [6.07, 6.45) is 0. The molecule has 1 N–H and O–H groups in total. The molecule has 7 heteroatoms. The molecular weight excluding hydrogens is 466 g/mol. The molecule has 0 saturated carbocycles. The molecule has 0 spiro atoms. The van der Waals surface area contributed by atoms with Crippen molar-refractivity contribution >= 4 is 39.9 Å². The van der Waals surface area contributed by atoms with Crippen molar-refractivity contribution in [3.05, 3.63) is 106 Å². The Balaban J connectivity index is 1.68. The Kier molecular flexibility index (Phi) is 5.61. The van der Waals surface area contributed by atoms with Gasteiger partial charge < -0.3 is 14.3 Å². The van der Waals surface area contributed by atoms with Crippen molar-refractivity contribution in [1.82, 2.24) is 0 Å². The number of fused-ring (bicyclic) bond motifs is 1. The van der Waals surface area contributed by atoms with Crippen LogP contribution in [-0.4, -0.2) is 23.9 Å². The third-order valence-electron chi connectivity index (χ3n) is 6.18. The van der Waals surface area contributed by atoms with Gasteiger partial charge in [-0.1, -0.05) is 54.1 Å². The number of halogens is 1. The number of aryl methyl sites for hydroxylation is 2. The van der Waals surface area contributed by atoms with Gasteiger partial charge in [-0.3, -0.25) is 14.5 Å². The summed E-state index contributed by atoms with van der Waals surface area (Å²) >= 11 is 6.17. The number of carbonyl (C=O) groups is 2. The first-order chi connectivity index (χ1) is 16.8. The Morgan fingerprint density at radius 1 is 1.06 bits per heavy atom. The third-order valence-corrected chi connectivity index (χ3v) is 6.40. The lowest BCUT2D eigenvalue weighted by molar-refractivity contribution is -0.117. The number of Topliss-reactive ketones (excluding diaryl/α,β-unsaturated/α-hetero) is 1. The molecule has 0 fully saturated rings. The first kappa shape index (κ1) is 22.7. The monoisotopic (exact) mass is 487 g/mol. The van der Waals surface area contributed by atoms with Gasteiger partial charge >= 0.3 is 0 Å². The molecule has 4 aromatic rings. The number of aliphatic hydroxyl groups is 1. The fraction of sp³-hybridized carbons (Fsp3) is 0.143. The van der Waals surface area contributed by atoms with Crippen molar-refractivity contribution in [3.8, 4) is 5.75 Å². The van der Waals surface area contributed by atoms with Gasteiger partial charge in [0.2, 0.25) is 5.78 Å². The minimum Gasteiger partial charge on any atom is -0.503 e. The van der Waals surface area contributed by atoms with Crippen LogP contribution in [0.4, 0.5) is 5.69 Å². The lowest BCUT2D eigenvalue weighted by Crippen LogP contribution is -2.31. The maximum Gasteiger partial charge on any atom is 0.294 e. The van der Waals surface area contributed by atoms with Crippen molar-refractivity contribution in [2.24, 2.45) is 0 Å². The van der Waals surface area contributed by atoms with Gasteiger partial charge in [-0.05, 0) is 48.7 Å². The van der Waals surface area contributed by atoms with Gasteiger partial charge in [0.15, 0.2) is 22.9 Å². The minimum absolute atomic E-state index is 0.0290. The molecule has 5 rings (SSSR count). The molecule has 1 unspecified atom stereocenters. The largest absolute Gasteiger partial charge is 0.503 e. The summed E-state index contributed by atoms with van der Waals surface area (Å²) in [7, 11) is 1.48. The minimum atomic E-state index is -0.838. The molecule has 0 saturated heterocycles. The molecule has 176 valence electrons. The average Bonchev–Trinajstić information content (AvgIpc) is 3.39. The summed E-state index contributed by atoms with van der Waals surface area (Å²) in [5.74, 6) is -1.49. The molecule has 1 aliphatic rings. The predicted octanol–water partition coefficient (Wildman–Crippen LogP) is 6.49. The number of aliphatic hydroxyl groups excluding tert-OH is 1. The first-order valence-corrected chi connectivity index (χ1v) is 11.4. The second-order valence-electron chi connectivity index (χ2n) is 8.51. The highest BCUT2D eigenvalue weighted by atomic mass is 35.5. The maximum atomic E-state index is 13.8. The number of ether oxygens (including phenoxy) is 1. The Bertz CT molecular complexity index is 1520. The van der Waals surface area contributed by atoms with Gasteiger partial charge in [0.25, 0.3) is 5.91 Å². The van der Waals surface area contributed by atoms with E-state index < -0.39 is 23.5 Å². The molecule has 0 bridgehead atoms. The van der Waals surface area contributed by atoms with E-state index in [0.717, 1.165) is 11.1 Å². The van der Waals surface area contributed by atoms with Crippen molar-refractivity contribution < 1.29 is 23.8 Å². The van der Waals surface area contributed by atoms with E-state index in [4.69, 9.17) is 20.8 Å². The number of furan rings is 1. The number of anilines is 1. The first-order valence-electron chi connectivity index (χ1n) is 11.0. The van der Waals surface area contributed by atoms with Crippen LogP contribution >= 0.6 is 11.6 Å². The second-order valence-corrected chi connectivity index (χ2v) is 8.94. The second kappa shape index (κ2) is 8.64. The van der Waals surface area contributed by atoms with E-state index in [0.29, 0.717) is 33.0 Å². The van der Waals surface area contributed by atoms with Crippen LogP contribution in [0.5, 0.6) is 5.75 Å². The van der Waals surface area contributed by atoms with Crippen molar-refractivity contribution in [1.29, 1.82) is 0 Å². The lowest BCUT2D eigenvalue weighted by atomic mass is 9.94. The Morgan fingerprint density at radius 2 is 1.80 bits per heavy atom. The summed E-state index contributed by atoms with van der Waals surface area (Å²) in [5.41, 5.74) is 3.40. The molecular formula is C28H22ClNO5. The van der Waals surface area contributed by atoms with Gasteiger partial charge in [0.1, 0.15) is 0 Å². The summed E-state index contributed by atoms with van der Waals surface area (Å²) in [5, 5.41) is 12.0. The molecule has 1 aromatic heterocycles. The fourth-order valence-electron chi connectivity index (χ4n) is 4.50. The third kappa shape index (κ3) is 3.76. The van der Waals surface area contributed by atoms with Crippen LogP contribution < -0.4 is 9.64 Å². The number of carbonyl (C=O) groups excluding carboxylic acids is 2. The average molecular weight is 488 g/mol. The fourth-order valence-corrected chi connectivity index (χ4v) is 4.71. The van der Waals surface area contributed by atoms with Gasteiger partial charge in [0.05, 0.1) is 18.7 Å². The molecule has 0 aliphatic carbocycles. The topological polar surface area (TPSA) is 80.0 Å². The van der Waals surface area contributed by atoms with Gasteiger partial charge in [-0.15, -0.1) is 0 Å². The van der Waals surface area contributed by atoms with E-state index in [1.54, 1.807) is 18.2 Å². The molecule has 1 amide bonds. The van der Waals surface area contributed by atoms with E-state index in [-0.39, 0.29) is 11.3 Å². The van der Waals surface area contributed by atoms with Crippen LogP contribution in [0, 0.1) is 13.8 Å². The molecule has 0 radical (unpaired) electrons. The van der Waals surface area contributed by atoms with Crippen molar-refractivity contribution in [2.45, 2.75) is 19.9 Å². The quantitative estimate of drug-likeness (QED) is 0.325. The van der Waals surface area contributed by atoms with Crippen LogP contribution in [0.25, 0.3) is 11.0 Å². The molecule has 2 heterocycles. The summed E-state index contributed by atoms with van der Waals surface area (Å²) in [6.45, 7) is 3.81. The maximum absolute atomic E-state index is 13.8. The number of hydrogen-bond donors (Lipinski definition) is 1. The standard InChI is InChI=1S/C28H22ClNO5/c1-15-9-10-16(2)20(11-15)30-24(17-7-5-4-6-8-17)23(26(32)28(30)33)25(31)21-13-18-12-19(29)14-22(34-3)27(18)35-21/h4-14,24,32H,1-3H3. The number of amides is 1. The normalized spacial score (nSPS) is 15.8. The number of nitrogens with zero attached hydrogens (tertiary/aromatic N) is 1. The van der Waals surface area contributed by atoms with E-state index in [9.17, 15) is 14.7 Å². The highest BCUT2D eigenvalue weighted by Gasteiger charge is 2.45. The zero-order valence-corrected chi connectivity index (χ0v) is 20.1. The Labute approximate surface area is 207 Å². The van der Waals surface area contributed by atoms with Gasteiger partial charge in [0, 0.05) is 22.2 Å². The molecule has 3 aromatic carbocycles. The number of hydrogen-bond acceptors (Lipinski definition) is 5. The van der Waals surface area contributed by atoms with E-state index in [1.807, 2.05) is 62.4 Å². The zero-order valence-electron chi connectivity index (χ0n) is 19.3. The van der Waals surface area contributed by atoms with Crippen LogP contribution in [0.1, 0.15) is 33.3 Å². The van der Waals surface area contributed by atoms with Gasteiger partial charge in [-0.25, -0.2) is 0 Å². The summed E-state index contributed by atoms with van der Waals surface area (Å²) in [6, 6.07) is 18.8. The van der Waals surface area contributed by atoms with Gasteiger partial charge in [-0.2, -0.15) is 0 Å². The molecule has 6 nitrogen and oxygen atoms in total. The summed E-state index contributed by atoms with van der Waals surface area (Å²) < 4.78 is 11.2. The molecule has 1 atom stereocenters. The molecule has 35 heavy (non-hydrogen) atoms. The number of rotatable bonds is 5. The van der Waals surface area contributed by atoms with E-state index >= 15 is 0 Å². The smallest absolute Gasteiger partial charge is 0.294 e. The summed E-state index contributed by atoms with van der Waals surface area (Å²) in [4.78, 5) is 28.7. The Morgan fingerprint density at radius 3 is 2.51 bits per heavy atom. The van der Waals surface area contributed by atoms with E-state index in [2.05, 4.69) is 0 Å². The van der Waals surface area contributed by atoms with E-state index in [1.165, 1.54) is 12.0 Å². The highest BCUT2D eigenvalue weighted by molar-refractivity contribution is 6.31. The predicted molar refractivity (Wildman–Crippen MR) is 134 cm³/mol. The van der Waals surface area contributed by atoms with Crippen molar-refractivity contribution in [2.75, 3.05) is 12.0 Å².